The summed E-state index contributed by atoms with van der Waals surface area (Å²) < 4.78 is 12.4. The molecule has 5 rings (SSSR count). The van der Waals surface area contributed by atoms with E-state index in [0.717, 1.165) is 28.2 Å². The van der Waals surface area contributed by atoms with Crippen LogP contribution in [-0.4, -0.2) is 5.97 Å². The molecule has 27 heavy (non-hydrogen) atoms. The molecule has 3 nitrogen and oxygen atoms in total. The fraction of sp³-hybridized carbons (Fsp3) is 0.208. The highest BCUT2D eigenvalue weighted by atomic mass is 16.6. The Morgan fingerprint density at radius 2 is 1.44 bits per heavy atom. The molecule has 0 radical (unpaired) electrons. The van der Waals surface area contributed by atoms with E-state index in [4.69, 9.17) is 9.47 Å². The van der Waals surface area contributed by atoms with E-state index in [1.165, 1.54) is 5.56 Å². The van der Waals surface area contributed by atoms with E-state index in [9.17, 15) is 4.79 Å². The number of para-hydroxylation sites is 1. The van der Waals surface area contributed by atoms with Crippen molar-refractivity contribution in [3.8, 4) is 11.5 Å². The molecule has 3 aromatic carbocycles. The number of esters is 1. The van der Waals surface area contributed by atoms with Crippen molar-refractivity contribution in [2.24, 2.45) is 0 Å². The van der Waals surface area contributed by atoms with Crippen LogP contribution in [-0.2, 0) is 15.8 Å². The van der Waals surface area contributed by atoms with E-state index in [1.54, 1.807) is 0 Å². The van der Waals surface area contributed by atoms with Gasteiger partial charge in [0, 0.05) is 16.7 Å². The van der Waals surface area contributed by atoms with Crippen LogP contribution in [0.4, 0.5) is 0 Å². The fourth-order valence-corrected chi connectivity index (χ4v) is 4.09. The molecule has 0 fully saturated rings. The van der Waals surface area contributed by atoms with Crippen molar-refractivity contribution in [1.82, 2.24) is 0 Å². The highest BCUT2D eigenvalue weighted by Crippen LogP contribution is 2.56. The number of rotatable bonds is 0. The van der Waals surface area contributed by atoms with E-state index in [-0.39, 0.29) is 11.4 Å². The first-order valence-corrected chi connectivity index (χ1v) is 9.16. The minimum atomic E-state index is -0.964. The van der Waals surface area contributed by atoms with Crippen LogP contribution in [0.15, 0.2) is 66.7 Å². The fourth-order valence-electron chi connectivity index (χ4n) is 4.09. The average Bonchev–Trinajstić information content (AvgIpc) is 2.95. The SMILES string of the molecule is CC(C)(C)c1ccc2c(c1)Oc1ccccc1C21OC(=O)c2ccccc21. The molecule has 134 valence electrons. The molecule has 1 atom stereocenters. The Hall–Kier alpha value is -3.07. The number of ether oxygens (including phenoxy) is 2. The van der Waals surface area contributed by atoms with Crippen LogP contribution >= 0.6 is 0 Å². The zero-order chi connectivity index (χ0) is 18.8. The summed E-state index contributed by atoms with van der Waals surface area (Å²) >= 11 is 0. The van der Waals surface area contributed by atoms with Gasteiger partial charge in [-0.05, 0) is 29.2 Å². The Morgan fingerprint density at radius 3 is 2.22 bits per heavy atom. The van der Waals surface area contributed by atoms with Gasteiger partial charge in [0.1, 0.15) is 11.5 Å². The van der Waals surface area contributed by atoms with E-state index < -0.39 is 5.60 Å². The smallest absolute Gasteiger partial charge is 0.340 e. The van der Waals surface area contributed by atoms with Gasteiger partial charge < -0.3 is 9.47 Å². The standard InChI is InChI=1S/C24H20O3/c1-23(2,3)15-12-13-19-21(14-15)26-20-11-7-6-10-18(20)24(19)17-9-5-4-8-16(17)22(25)27-24/h4-14H,1-3H3. The Morgan fingerprint density at radius 1 is 0.778 bits per heavy atom. The second-order valence-corrected chi connectivity index (χ2v) is 8.18. The molecule has 2 aliphatic heterocycles. The van der Waals surface area contributed by atoms with Crippen molar-refractivity contribution in [3.05, 3.63) is 94.5 Å². The molecule has 3 aromatic rings. The lowest BCUT2D eigenvalue weighted by Crippen LogP contribution is -2.33. The second-order valence-electron chi connectivity index (χ2n) is 8.18. The normalized spacial score (nSPS) is 19.7. The maximum Gasteiger partial charge on any atom is 0.340 e. The van der Waals surface area contributed by atoms with Crippen molar-refractivity contribution in [2.75, 3.05) is 0 Å². The summed E-state index contributed by atoms with van der Waals surface area (Å²) in [6.07, 6.45) is 0. The summed E-state index contributed by atoms with van der Waals surface area (Å²) in [5.41, 5.74) is 3.41. The van der Waals surface area contributed by atoms with Crippen molar-refractivity contribution in [2.45, 2.75) is 31.8 Å². The van der Waals surface area contributed by atoms with Gasteiger partial charge in [-0.1, -0.05) is 69.3 Å². The summed E-state index contributed by atoms with van der Waals surface area (Å²) in [6, 6.07) is 21.6. The number of hydrogen-bond donors (Lipinski definition) is 0. The molecule has 2 aliphatic rings. The molecule has 0 amide bonds. The first kappa shape index (κ1) is 16.1. The number of fused-ring (bicyclic) bond motifs is 6. The average molecular weight is 356 g/mol. The summed E-state index contributed by atoms with van der Waals surface area (Å²) in [4.78, 5) is 12.7. The monoisotopic (exact) mass is 356 g/mol. The topological polar surface area (TPSA) is 35.5 Å². The third-order valence-corrected chi connectivity index (χ3v) is 5.49. The third-order valence-electron chi connectivity index (χ3n) is 5.49. The van der Waals surface area contributed by atoms with E-state index in [1.807, 2.05) is 54.6 Å². The molecule has 3 heteroatoms. The summed E-state index contributed by atoms with van der Waals surface area (Å²) in [5, 5.41) is 0. The Kier molecular flexibility index (Phi) is 3.12. The maximum absolute atomic E-state index is 12.7. The molecule has 1 unspecified atom stereocenters. The largest absolute Gasteiger partial charge is 0.456 e. The molecule has 0 aliphatic carbocycles. The molecular weight excluding hydrogens is 336 g/mol. The molecule has 0 bridgehead atoms. The predicted octanol–water partition coefficient (Wildman–Crippen LogP) is 5.55. The van der Waals surface area contributed by atoms with Crippen molar-refractivity contribution >= 4 is 5.97 Å². The molecular formula is C24H20O3. The van der Waals surface area contributed by atoms with Gasteiger partial charge in [-0.2, -0.15) is 0 Å². The maximum atomic E-state index is 12.7. The molecule has 1 spiro atoms. The number of carbonyl (C=O) groups excluding carboxylic acids is 1. The summed E-state index contributed by atoms with van der Waals surface area (Å²) in [5.74, 6) is 1.17. The second kappa shape index (κ2) is 5.23. The lowest BCUT2D eigenvalue weighted by Gasteiger charge is -2.37. The number of benzene rings is 3. The zero-order valence-corrected chi connectivity index (χ0v) is 15.6. The van der Waals surface area contributed by atoms with Crippen LogP contribution in [0.5, 0.6) is 11.5 Å². The molecule has 2 heterocycles. The van der Waals surface area contributed by atoms with Gasteiger partial charge in [-0.15, -0.1) is 0 Å². The highest BCUT2D eigenvalue weighted by molar-refractivity contribution is 5.97. The van der Waals surface area contributed by atoms with Crippen molar-refractivity contribution in [3.63, 3.8) is 0 Å². The van der Waals surface area contributed by atoms with Gasteiger partial charge in [0.2, 0.25) is 0 Å². The van der Waals surface area contributed by atoms with E-state index in [0.29, 0.717) is 5.56 Å². The number of hydrogen-bond acceptors (Lipinski definition) is 3. The Balaban J connectivity index is 1.85. The van der Waals surface area contributed by atoms with Gasteiger partial charge >= 0.3 is 5.97 Å². The highest BCUT2D eigenvalue weighted by Gasteiger charge is 2.53. The van der Waals surface area contributed by atoms with Crippen LogP contribution in [0.3, 0.4) is 0 Å². The predicted molar refractivity (Wildman–Crippen MR) is 103 cm³/mol. The van der Waals surface area contributed by atoms with Crippen molar-refractivity contribution < 1.29 is 14.3 Å². The lowest BCUT2D eigenvalue weighted by molar-refractivity contribution is 0.0224. The summed E-state index contributed by atoms with van der Waals surface area (Å²) in [7, 11) is 0. The van der Waals surface area contributed by atoms with Crippen LogP contribution in [0.1, 0.15) is 53.4 Å². The minimum Gasteiger partial charge on any atom is -0.456 e. The Bertz CT molecular complexity index is 1090. The zero-order valence-electron chi connectivity index (χ0n) is 15.6. The molecule has 0 aromatic heterocycles. The lowest BCUT2D eigenvalue weighted by atomic mass is 9.76. The van der Waals surface area contributed by atoms with E-state index in [2.05, 4.69) is 32.9 Å². The van der Waals surface area contributed by atoms with Crippen LogP contribution in [0, 0.1) is 0 Å². The molecule has 0 N–H and O–H groups in total. The van der Waals surface area contributed by atoms with Crippen LogP contribution in [0.25, 0.3) is 0 Å². The first-order valence-electron chi connectivity index (χ1n) is 9.16. The number of carbonyl (C=O) groups is 1. The molecule has 0 saturated heterocycles. The van der Waals surface area contributed by atoms with Gasteiger partial charge in [0.05, 0.1) is 5.56 Å². The van der Waals surface area contributed by atoms with Gasteiger partial charge in [0.25, 0.3) is 0 Å². The van der Waals surface area contributed by atoms with Gasteiger partial charge in [-0.3, -0.25) is 0 Å². The summed E-state index contributed by atoms with van der Waals surface area (Å²) in [6.45, 7) is 6.52. The van der Waals surface area contributed by atoms with Crippen molar-refractivity contribution in [1.29, 1.82) is 0 Å². The quantitative estimate of drug-likeness (QED) is 0.495. The van der Waals surface area contributed by atoms with Gasteiger partial charge in [0.15, 0.2) is 5.60 Å². The molecule has 0 saturated carbocycles. The van der Waals surface area contributed by atoms with Gasteiger partial charge in [-0.25, -0.2) is 4.79 Å². The van der Waals surface area contributed by atoms with Crippen LogP contribution < -0.4 is 4.74 Å². The minimum absolute atomic E-state index is 0.00716. The van der Waals surface area contributed by atoms with E-state index >= 15 is 0 Å². The third kappa shape index (κ3) is 2.11. The Labute approximate surface area is 158 Å². The van der Waals surface area contributed by atoms with Crippen LogP contribution in [0.2, 0.25) is 0 Å². The first-order chi connectivity index (χ1) is 12.9.